The van der Waals surface area contributed by atoms with E-state index in [1.165, 1.54) is 0 Å². The lowest BCUT2D eigenvalue weighted by atomic mass is 10.4. The summed E-state index contributed by atoms with van der Waals surface area (Å²) in [5, 5.41) is 9.51. The standard InChI is InChI=1S/C5H10BrClO2/c1-4(8)5(7)9-3-2-6/h4-5,8H,2-3H2,1H3. The van der Waals surface area contributed by atoms with Crippen LogP contribution in [0.2, 0.25) is 0 Å². The van der Waals surface area contributed by atoms with Gasteiger partial charge in [-0.25, -0.2) is 0 Å². The van der Waals surface area contributed by atoms with Crippen LogP contribution in [0, 0.1) is 0 Å². The summed E-state index contributed by atoms with van der Waals surface area (Å²) in [5.74, 6) is 0. The minimum Gasteiger partial charge on any atom is -0.389 e. The van der Waals surface area contributed by atoms with Crippen molar-refractivity contribution >= 4 is 27.5 Å². The van der Waals surface area contributed by atoms with E-state index in [9.17, 15) is 0 Å². The zero-order valence-electron chi connectivity index (χ0n) is 5.18. The van der Waals surface area contributed by atoms with Crippen molar-refractivity contribution in [1.29, 1.82) is 0 Å². The summed E-state index contributed by atoms with van der Waals surface area (Å²) in [5.41, 5.74) is -0.581. The highest BCUT2D eigenvalue weighted by molar-refractivity contribution is 9.09. The average Bonchev–Trinajstić information content (AvgIpc) is 1.82. The Morgan fingerprint density at radius 1 is 1.78 bits per heavy atom. The number of rotatable bonds is 4. The zero-order valence-corrected chi connectivity index (χ0v) is 7.52. The van der Waals surface area contributed by atoms with Crippen LogP contribution in [0.25, 0.3) is 0 Å². The van der Waals surface area contributed by atoms with Crippen LogP contribution in [0.1, 0.15) is 6.92 Å². The van der Waals surface area contributed by atoms with Crippen LogP contribution in [-0.4, -0.2) is 28.7 Å². The number of aliphatic hydroxyl groups excluding tert-OH is 1. The third-order valence-corrected chi connectivity index (χ3v) is 1.55. The molecule has 2 unspecified atom stereocenters. The second-order valence-electron chi connectivity index (χ2n) is 1.65. The molecule has 0 aliphatic heterocycles. The van der Waals surface area contributed by atoms with Crippen LogP contribution < -0.4 is 0 Å². The maximum Gasteiger partial charge on any atom is 0.156 e. The molecule has 0 aliphatic carbocycles. The molecule has 0 heterocycles. The molecule has 0 aliphatic rings. The van der Waals surface area contributed by atoms with Crippen LogP contribution in [0.15, 0.2) is 0 Å². The predicted octanol–water partition coefficient (Wildman–Crippen LogP) is 1.34. The van der Waals surface area contributed by atoms with E-state index in [-0.39, 0.29) is 0 Å². The molecule has 2 atom stereocenters. The topological polar surface area (TPSA) is 29.5 Å². The molecule has 1 N–H and O–H groups in total. The Balaban J connectivity index is 3.16. The maximum atomic E-state index is 8.78. The Morgan fingerprint density at radius 3 is 2.67 bits per heavy atom. The number of aliphatic hydroxyl groups is 1. The Hall–Kier alpha value is 0.690. The monoisotopic (exact) mass is 216 g/mol. The first kappa shape index (κ1) is 9.69. The lowest BCUT2D eigenvalue weighted by molar-refractivity contribution is 0.0264. The van der Waals surface area contributed by atoms with Gasteiger partial charge >= 0.3 is 0 Å². The fourth-order valence-corrected chi connectivity index (χ4v) is 0.572. The molecule has 0 rings (SSSR count). The van der Waals surface area contributed by atoms with Crippen LogP contribution in [-0.2, 0) is 4.74 Å². The molecule has 2 nitrogen and oxygen atoms in total. The van der Waals surface area contributed by atoms with Gasteiger partial charge in [0.25, 0.3) is 0 Å². The molecule has 9 heavy (non-hydrogen) atoms. The van der Waals surface area contributed by atoms with Gasteiger partial charge in [-0.2, -0.15) is 0 Å². The summed E-state index contributed by atoms with van der Waals surface area (Å²) in [4.78, 5) is 0. The van der Waals surface area contributed by atoms with Crippen LogP contribution in [0.3, 0.4) is 0 Å². The summed E-state index contributed by atoms with van der Waals surface area (Å²) in [6.45, 7) is 2.12. The molecule has 0 spiro atoms. The Kier molecular flexibility index (Phi) is 5.89. The van der Waals surface area contributed by atoms with Gasteiger partial charge in [0.1, 0.15) is 0 Å². The van der Waals surface area contributed by atoms with Crippen molar-refractivity contribution in [2.75, 3.05) is 11.9 Å². The van der Waals surface area contributed by atoms with Crippen molar-refractivity contribution in [3.8, 4) is 0 Å². The molecule has 0 bridgehead atoms. The van der Waals surface area contributed by atoms with Gasteiger partial charge in [0, 0.05) is 5.33 Å². The highest BCUT2D eigenvalue weighted by Gasteiger charge is 2.09. The predicted molar refractivity (Wildman–Crippen MR) is 41.1 cm³/mol. The highest BCUT2D eigenvalue weighted by atomic mass is 79.9. The quantitative estimate of drug-likeness (QED) is 0.720. The van der Waals surface area contributed by atoms with Gasteiger partial charge in [-0.05, 0) is 6.92 Å². The summed E-state index contributed by atoms with van der Waals surface area (Å²) < 4.78 is 4.92. The molecule has 56 valence electrons. The fraction of sp³-hybridized carbons (Fsp3) is 1.00. The Labute approximate surface area is 68.3 Å². The average molecular weight is 217 g/mol. The van der Waals surface area contributed by atoms with E-state index < -0.39 is 11.7 Å². The summed E-state index contributed by atoms with van der Waals surface area (Å²) in [6, 6.07) is 0. The molecule has 0 radical (unpaired) electrons. The third kappa shape index (κ3) is 5.15. The van der Waals surface area contributed by atoms with Crippen LogP contribution in [0.4, 0.5) is 0 Å². The van der Waals surface area contributed by atoms with E-state index in [1.54, 1.807) is 6.92 Å². The van der Waals surface area contributed by atoms with Gasteiger partial charge < -0.3 is 9.84 Å². The summed E-state index contributed by atoms with van der Waals surface area (Å²) in [7, 11) is 0. The van der Waals surface area contributed by atoms with Crippen LogP contribution >= 0.6 is 27.5 Å². The Bertz CT molecular complexity index is 70.0. The van der Waals surface area contributed by atoms with Crippen molar-refractivity contribution in [1.82, 2.24) is 0 Å². The molecule has 0 aromatic rings. The molecule has 0 saturated carbocycles. The first-order chi connectivity index (χ1) is 4.18. The van der Waals surface area contributed by atoms with E-state index in [0.717, 1.165) is 5.33 Å². The largest absolute Gasteiger partial charge is 0.389 e. The van der Waals surface area contributed by atoms with E-state index in [4.69, 9.17) is 21.4 Å². The molecule has 0 fully saturated rings. The first-order valence-corrected chi connectivity index (χ1v) is 4.24. The number of alkyl halides is 2. The molecule has 0 saturated heterocycles. The molecular formula is C5H10BrClO2. The minimum atomic E-state index is -0.606. The SMILES string of the molecule is CC(O)C(Cl)OCCBr. The zero-order chi connectivity index (χ0) is 7.28. The van der Waals surface area contributed by atoms with E-state index in [1.807, 2.05) is 0 Å². The van der Waals surface area contributed by atoms with Gasteiger partial charge in [0.15, 0.2) is 5.56 Å². The molecule has 4 heteroatoms. The molecule has 0 aromatic heterocycles. The second-order valence-corrected chi connectivity index (χ2v) is 2.87. The van der Waals surface area contributed by atoms with Gasteiger partial charge in [-0.3, -0.25) is 0 Å². The lowest BCUT2D eigenvalue weighted by Crippen LogP contribution is -2.20. The third-order valence-electron chi connectivity index (χ3n) is 0.733. The highest BCUT2D eigenvalue weighted by Crippen LogP contribution is 2.03. The number of ether oxygens (including phenoxy) is 1. The van der Waals surface area contributed by atoms with Crippen molar-refractivity contribution in [3.05, 3.63) is 0 Å². The normalized spacial score (nSPS) is 17.3. The van der Waals surface area contributed by atoms with Crippen molar-refractivity contribution in [3.63, 3.8) is 0 Å². The van der Waals surface area contributed by atoms with E-state index in [0.29, 0.717) is 6.61 Å². The van der Waals surface area contributed by atoms with Gasteiger partial charge in [0.05, 0.1) is 12.7 Å². The smallest absolute Gasteiger partial charge is 0.156 e. The first-order valence-electron chi connectivity index (χ1n) is 2.68. The van der Waals surface area contributed by atoms with Crippen molar-refractivity contribution in [2.24, 2.45) is 0 Å². The van der Waals surface area contributed by atoms with Crippen molar-refractivity contribution < 1.29 is 9.84 Å². The summed E-state index contributed by atoms with van der Waals surface area (Å²) >= 11 is 8.66. The lowest BCUT2D eigenvalue weighted by Gasteiger charge is -2.11. The number of hydrogen-bond donors (Lipinski definition) is 1. The molecular weight excluding hydrogens is 207 g/mol. The van der Waals surface area contributed by atoms with Gasteiger partial charge in [-0.15, -0.1) is 0 Å². The second kappa shape index (κ2) is 5.47. The Morgan fingerprint density at radius 2 is 2.33 bits per heavy atom. The number of hydrogen-bond acceptors (Lipinski definition) is 2. The fourth-order valence-electron chi connectivity index (χ4n) is 0.296. The maximum absolute atomic E-state index is 8.78. The number of halogens is 2. The van der Waals surface area contributed by atoms with Crippen molar-refractivity contribution in [2.45, 2.75) is 18.6 Å². The molecule has 0 aromatic carbocycles. The summed E-state index contributed by atoms with van der Waals surface area (Å²) in [6.07, 6.45) is -0.606. The van der Waals surface area contributed by atoms with Gasteiger partial charge in [-0.1, -0.05) is 27.5 Å². The molecule has 0 amide bonds. The van der Waals surface area contributed by atoms with E-state index in [2.05, 4.69) is 15.9 Å². The van der Waals surface area contributed by atoms with Crippen LogP contribution in [0.5, 0.6) is 0 Å². The minimum absolute atomic E-state index is 0.527. The van der Waals surface area contributed by atoms with Gasteiger partial charge in [0.2, 0.25) is 0 Å². The van der Waals surface area contributed by atoms with E-state index >= 15 is 0 Å².